The van der Waals surface area contributed by atoms with E-state index in [-0.39, 0.29) is 52.2 Å². The molecule has 3 aromatic carbocycles. The van der Waals surface area contributed by atoms with Gasteiger partial charge in [0, 0.05) is 41.7 Å². The highest BCUT2D eigenvalue weighted by Crippen LogP contribution is 2.38. The second-order valence-electron chi connectivity index (χ2n) is 11.5. The summed E-state index contributed by atoms with van der Waals surface area (Å²) in [7, 11) is 0. The van der Waals surface area contributed by atoms with E-state index < -0.39 is 6.04 Å². The van der Waals surface area contributed by atoms with Crippen LogP contribution in [-0.2, 0) is 19.8 Å². The fraction of sp³-hybridized carbons (Fsp3) is 0.351. The SMILES string of the molecule is Cc1c(COc2cc(OCc3cncc(C#N)c3)c(CNC(CO)CO)cc2Cl)cccc1-c1cccc(OCCCNC(CO)CO)c1Cl. The molecule has 0 unspecified atom stereocenters. The molecule has 13 heteroatoms. The zero-order valence-electron chi connectivity index (χ0n) is 27.7. The number of ether oxygens (including phenoxy) is 3. The van der Waals surface area contributed by atoms with Crippen LogP contribution in [0.25, 0.3) is 11.1 Å². The molecule has 1 heterocycles. The first-order chi connectivity index (χ1) is 24.3. The van der Waals surface area contributed by atoms with Crippen LogP contribution < -0.4 is 24.8 Å². The zero-order valence-corrected chi connectivity index (χ0v) is 29.3. The zero-order chi connectivity index (χ0) is 35.9. The van der Waals surface area contributed by atoms with E-state index in [4.69, 9.17) is 37.4 Å². The fourth-order valence-electron chi connectivity index (χ4n) is 5.05. The average molecular weight is 726 g/mol. The summed E-state index contributed by atoms with van der Waals surface area (Å²) in [5.41, 5.74) is 5.42. The normalized spacial score (nSPS) is 11.2. The van der Waals surface area contributed by atoms with Crippen molar-refractivity contribution in [2.45, 2.75) is 45.2 Å². The van der Waals surface area contributed by atoms with Crippen molar-refractivity contribution in [3.8, 4) is 34.4 Å². The minimum atomic E-state index is -0.523. The summed E-state index contributed by atoms with van der Waals surface area (Å²) in [6, 6.07) is 17.8. The molecule has 0 aliphatic carbocycles. The van der Waals surface area contributed by atoms with Gasteiger partial charge in [0.2, 0.25) is 0 Å². The lowest BCUT2D eigenvalue weighted by molar-refractivity contribution is 0.169. The van der Waals surface area contributed by atoms with Crippen LogP contribution in [0, 0.1) is 18.3 Å². The number of rotatable bonds is 20. The van der Waals surface area contributed by atoms with Crippen LogP contribution in [-0.4, -0.2) is 77.1 Å². The van der Waals surface area contributed by atoms with Crippen molar-refractivity contribution in [1.82, 2.24) is 15.6 Å². The second-order valence-corrected chi connectivity index (χ2v) is 12.3. The summed E-state index contributed by atoms with van der Waals surface area (Å²) in [4.78, 5) is 4.10. The van der Waals surface area contributed by atoms with E-state index in [0.29, 0.717) is 63.6 Å². The number of aliphatic hydroxyl groups is 4. The molecular formula is C37H42Cl2N4O7. The Kier molecular flexibility index (Phi) is 15.6. The molecule has 0 aliphatic heterocycles. The molecule has 266 valence electrons. The molecule has 0 fully saturated rings. The lowest BCUT2D eigenvalue weighted by atomic mass is 9.96. The molecule has 0 aliphatic rings. The number of nitriles is 1. The van der Waals surface area contributed by atoms with Crippen LogP contribution >= 0.6 is 23.2 Å². The predicted molar refractivity (Wildman–Crippen MR) is 192 cm³/mol. The Morgan fingerprint density at radius 3 is 2.22 bits per heavy atom. The Bertz CT molecular complexity index is 1730. The average Bonchev–Trinajstić information content (AvgIpc) is 3.14. The van der Waals surface area contributed by atoms with E-state index >= 15 is 0 Å². The maximum atomic E-state index is 9.52. The highest BCUT2D eigenvalue weighted by molar-refractivity contribution is 6.35. The van der Waals surface area contributed by atoms with Crippen LogP contribution in [0.15, 0.2) is 67.0 Å². The molecule has 6 N–H and O–H groups in total. The first-order valence-corrected chi connectivity index (χ1v) is 16.9. The predicted octanol–water partition coefficient (Wildman–Crippen LogP) is 4.55. The Hall–Kier alpha value is -3.96. The van der Waals surface area contributed by atoms with Gasteiger partial charge in [-0.05, 0) is 54.8 Å². The van der Waals surface area contributed by atoms with Crippen molar-refractivity contribution in [1.29, 1.82) is 5.26 Å². The molecule has 0 bridgehead atoms. The molecule has 0 atom stereocenters. The molecule has 4 aromatic rings. The topological polar surface area (TPSA) is 169 Å². The summed E-state index contributed by atoms with van der Waals surface area (Å²) < 4.78 is 18.4. The van der Waals surface area contributed by atoms with Gasteiger partial charge in [-0.2, -0.15) is 5.26 Å². The molecule has 50 heavy (non-hydrogen) atoms. The highest BCUT2D eigenvalue weighted by Gasteiger charge is 2.17. The number of aromatic nitrogens is 1. The number of halogens is 2. The molecule has 0 radical (unpaired) electrons. The van der Waals surface area contributed by atoms with Crippen molar-refractivity contribution in [3.05, 3.63) is 105 Å². The van der Waals surface area contributed by atoms with E-state index in [1.165, 1.54) is 6.20 Å². The van der Waals surface area contributed by atoms with Crippen LogP contribution in [0.5, 0.6) is 17.2 Å². The van der Waals surface area contributed by atoms with E-state index in [9.17, 15) is 25.7 Å². The van der Waals surface area contributed by atoms with E-state index in [2.05, 4.69) is 21.7 Å². The lowest BCUT2D eigenvalue weighted by Gasteiger charge is -2.19. The third-order valence-electron chi connectivity index (χ3n) is 7.99. The minimum Gasteiger partial charge on any atom is -0.492 e. The molecule has 0 saturated heterocycles. The molecular weight excluding hydrogens is 683 g/mol. The van der Waals surface area contributed by atoms with Crippen LogP contribution in [0.4, 0.5) is 0 Å². The summed E-state index contributed by atoms with van der Waals surface area (Å²) in [6.45, 7) is 2.79. The smallest absolute Gasteiger partial charge is 0.142 e. The molecule has 11 nitrogen and oxygen atoms in total. The maximum absolute atomic E-state index is 9.52. The number of nitrogens with one attached hydrogen (secondary N) is 2. The summed E-state index contributed by atoms with van der Waals surface area (Å²) >= 11 is 13.5. The van der Waals surface area contributed by atoms with E-state index in [1.54, 1.807) is 24.4 Å². The monoisotopic (exact) mass is 724 g/mol. The number of nitrogens with zero attached hydrogens (tertiary/aromatic N) is 2. The number of benzene rings is 3. The Labute approximate surface area is 302 Å². The standard InChI is InChI=1S/C37H42Cl2N4O7/c1-24-27(5-2-6-31(24)32-7-3-8-34(37(32)39)48-10-4-9-42-29(18-44)19-45)23-50-36-13-35(49-22-26-11-25(14-40)15-41-16-26)28(12-33(36)38)17-43-30(20-46)21-47/h2-3,5-8,11-13,15-16,29-30,42-47H,4,9-10,17-23H2,1H3. The number of aliphatic hydroxyl groups excluding tert-OH is 4. The lowest BCUT2D eigenvalue weighted by Crippen LogP contribution is -2.36. The van der Waals surface area contributed by atoms with Gasteiger partial charge in [-0.25, -0.2) is 0 Å². The summed E-state index contributed by atoms with van der Waals surface area (Å²) in [5.74, 6) is 1.42. The Balaban J connectivity index is 1.50. The number of hydrogen-bond donors (Lipinski definition) is 6. The van der Waals surface area contributed by atoms with Gasteiger partial charge < -0.3 is 45.3 Å². The van der Waals surface area contributed by atoms with E-state index in [0.717, 1.165) is 22.3 Å². The maximum Gasteiger partial charge on any atom is 0.142 e. The first kappa shape index (κ1) is 38.8. The van der Waals surface area contributed by atoms with Crippen molar-refractivity contribution in [2.75, 3.05) is 39.6 Å². The van der Waals surface area contributed by atoms with E-state index in [1.807, 2.05) is 43.3 Å². The van der Waals surface area contributed by atoms with Crippen molar-refractivity contribution < 1.29 is 34.6 Å². The molecule has 0 spiro atoms. The van der Waals surface area contributed by atoms with Gasteiger partial charge in [0.1, 0.15) is 36.5 Å². The van der Waals surface area contributed by atoms with Gasteiger partial charge in [0.05, 0.1) is 60.7 Å². The third kappa shape index (κ3) is 10.8. The Morgan fingerprint density at radius 1 is 0.780 bits per heavy atom. The van der Waals surface area contributed by atoms with Crippen LogP contribution in [0.1, 0.15) is 34.2 Å². The molecule has 0 amide bonds. The molecule has 1 aromatic heterocycles. The van der Waals surface area contributed by atoms with Crippen molar-refractivity contribution in [3.63, 3.8) is 0 Å². The highest BCUT2D eigenvalue weighted by atomic mass is 35.5. The quantitative estimate of drug-likeness (QED) is 0.0708. The largest absolute Gasteiger partial charge is 0.492 e. The number of pyridine rings is 1. The third-order valence-corrected chi connectivity index (χ3v) is 8.68. The van der Waals surface area contributed by atoms with Gasteiger partial charge in [-0.15, -0.1) is 0 Å². The van der Waals surface area contributed by atoms with Gasteiger partial charge in [-0.3, -0.25) is 4.98 Å². The van der Waals surface area contributed by atoms with Gasteiger partial charge in [-0.1, -0.05) is 53.5 Å². The Morgan fingerprint density at radius 2 is 1.48 bits per heavy atom. The fourth-order valence-corrected chi connectivity index (χ4v) is 5.58. The second kappa shape index (κ2) is 20.0. The minimum absolute atomic E-state index is 0.134. The number of hydrogen-bond acceptors (Lipinski definition) is 11. The van der Waals surface area contributed by atoms with Gasteiger partial charge >= 0.3 is 0 Å². The van der Waals surface area contributed by atoms with Crippen LogP contribution in [0.2, 0.25) is 10.0 Å². The van der Waals surface area contributed by atoms with Gasteiger partial charge in [0.15, 0.2) is 0 Å². The van der Waals surface area contributed by atoms with Crippen LogP contribution in [0.3, 0.4) is 0 Å². The summed E-state index contributed by atoms with van der Waals surface area (Å²) in [6.07, 6.45) is 3.76. The van der Waals surface area contributed by atoms with Crippen molar-refractivity contribution >= 4 is 23.2 Å². The molecule has 4 rings (SSSR count). The van der Waals surface area contributed by atoms with Gasteiger partial charge in [0.25, 0.3) is 0 Å². The first-order valence-electron chi connectivity index (χ1n) is 16.1. The summed E-state index contributed by atoms with van der Waals surface area (Å²) in [5, 5.41) is 53.7. The van der Waals surface area contributed by atoms with Crippen molar-refractivity contribution in [2.24, 2.45) is 0 Å². The molecule has 0 saturated carbocycles.